The van der Waals surface area contributed by atoms with E-state index in [1.807, 2.05) is 0 Å². The number of nitrogens with zero attached hydrogens (tertiary/aromatic N) is 1. The van der Waals surface area contributed by atoms with E-state index in [0.29, 0.717) is 24.2 Å². The Hall–Kier alpha value is -2.80. The fourth-order valence-corrected chi connectivity index (χ4v) is 3.20. The summed E-state index contributed by atoms with van der Waals surface area (Å²) in [5.74, 6) is -1.63. The van der Waals surface area contributed by atoms with Crippen molar-refractivity contribution in [3.05, 3.63) is 53.6 Å². The van der Waals surface area contributed by atoms with Gasteiger partial charge in [0.05, 0.1) is 22.6 Å². The van der Waals surface area contributed by atoms with Crippen molar-refractivity contribution >= 4 is 16.8 Å². The normalized spacial score (nSPS) is 16.9. The fraction of sp³-hybridized carbons (Fsp3) is 0.263. The maximum Gasteiger partial charge on any atom is 0.254 e. The average Bonchev–Trinajstić information content (AvgIpc) is 3.30. The van der Waals surface area contributed by atoms with Crippen LogP contribution in [-0.2, 0) is 4.74 Å². The number of benzene rings is 2. The number of ether oxygens (including phenoxy) is 1. The number of carbonyl (C=O) groups excluding carboxylic acids is 1. The highest BCUT2D eigenvalue weighted by molar-refractivity contribution is 6.02. The summed E-state index contributed by atoms with van der Waals surface area (Å²) in [5.41, 5.74) is 1.07. The molecule has 1 aliphatic heterocycles. The summed E-state index contributed by atoms with van der Waals surface area (Å²) in [5, 5.41) is 9.70. The third kappa shape index (κ3) is 3.06. The molecule has 0 aliphatic carbocycles. The van der Waals surface area contributed by atoms with Gasteiger partial charge < -0.3 is 10.1 Å². The molecule has 1 aliphatic rings. The number of aromatic nitrogens is 2. The van der Waals surface area contributed by atoms with Crippen molar-refractivity contribution in [1.29, 1.82) is 0 Å². The first-order valence-corrected chi connectivity index (χ1v) is 8.46. The number of fused-ring (bicyclic) bond motifs is 1. The van der Waals surface area contributed by atoms with Crippen molar-refractivity contribution in [3.63, 3.8) is 0 Å². The first-order chi connectivity index (χ1) is 12.6. The van der Waals surface area contributed by atoms with Crippen molar-refractivity contribution in [2.24, 2.45) is 0 Å². The second kappa shape index (κ2) is 6.84. The second-order valence-electron chi connectivity index (χ2n) is 6.28. The molecule has 134 valence electrons. The molecule has 0 saturated carbocycles. The lowest BCUT2D eigenvalue weighted by atomic mass is 10.0. The van der Waals surface area contributed by atoms with Crippen LogP contribution in [0.4, 0.5) is 8.78 Å². The lowest BCUT2D eigenvalue weighted by Crippen LogP contribution is -2.32. The number of nitrogens with one attached hydrogen (secondary N) is 2. The number of hydrogen-bond donors (Lipinski definition) is 2. The van der Waals surface area contributed by atoms with Gasteiger partial charge in [-0.25, -0.2) is 8.78 Å². The van der Waals surface area contributed by atoms with Gasteiger partial charge in [-0.2, -0.15) is 5.10 Å². The second-order valence-corrected chi connectivity index (χ2v) is 6.28. The minimum absolute atomic E-state index is 0.0254. The Bertz CT molecular complexity index is 965. The Morgan fingerprint density at radius 3 is 2.96 bits per heavy atom. The van der Waals surface area contributed by atoms with Crippen LogP contribution in [0.2, 0.25) is 0 Å². The number of amides is 1. The van der Waals surface area contributed by atoms with Crippen LogP contribution in [0, 0.1) is 11.6 Å². The molecule has 0 bridgehead atoms. The monoisotopic (exact) mass is 357 g/mol. The van der Waals surface area contributed by atoms with Crippen LogP contribution in [0.5, 0.6) is 0 Å². The van der Waals surface area contributed by atoms with Crippen LogP contribution in [0.1, 0.15) is 23.2 Å². The van der Waals surface area contributed by atoms with Crippen LogP contribution in [0.15, 0.2) is 36.4 Å². The van der Waals surface area contributed by atoms with E-state index in [-0.39, 0.29) is 22.7 Å². The zero-order valence-corrected chi connectivity index (χ0v) is 13.9. The Morgan fingerprint density at radius 2 is 2.19 bits per heavy atom. The number of H-pyrrole nitrogens is 1. The van der Waals surface area contributed by atoms with E-state index in [9.17, 15) is 9.18 Å². The zero-order chi connectivity index (χ0) is 18.1. The summed E-state index contributed by atoms with van der Waals surface area (Å²) in [6.45, 7) is 1.03. The fourth-order valence-electron chi connectivity index (χ4n) is 3.20. The van der Waals surface area contributed by atoms with Crippen LogP contribution >= 0.6 is 0 Å². The lowest BCUT2D eigenvalue weighted by molar-refractivity contribution is 0.0854. The van der Waals surface area contributed by atoms with Crippen molar-refractivity contribution in [2.75, 3.05) is 13.2 Å². The molecule has 1 aromatic heterocycles. The van der Waals surface area contributed by atoms with Crippen LogP contribution < -0.4 is 5.32 Å². The van der Waals surface area contributed by atoms with E-state index >= 15 is 4.39 Å². The molecule has 1 atom stereocenters. The standard InChI is InChI=1S/C19H17F2N3O2/c20-12-4-1-3-11(9-12)18-16-15(23-24-18)7-6-14(17(16)21)19(25)22-10-13-5-2-8-26-13/h1,3-4,6-7,9,13H,2,5,8,10H2,(H,22,25)(H,23,24). The third-order valence-corrected chi connectivity index (χ3v) is 4.52. The van der Waals surface area contributed by atoms with Gasteiger partial charge in [-0.1, -0.05) is 12.1 Å². The molecule has 26 heavy (non-hydrogen) atoms. The van der Waals surface area contributed by atoms with Gasteiger partial charge in [-0.05, 0) is 37.1 Å². The molecular formula is C19H17F2N3O2. The van der Waals surface area contributed by atoms with Gasteiger partial charge >= 0.3 is 0 Å². The molecule has 4 rings (SSSR count). The van der Waals surface area contributed by atoms with Crippen LogP contribution in [0.25, 0.3) is 22.2 Å². The van der Waals surface area contributed by atoms with Gasteiger partial charge in [0.2, 0.25) is 0 Å². The molecule has 0 radical (unpaired) electrons. The molecule has 1 unspecified atom stereocenters. The van der Waals surface area contributed by atoms with Gasteiger partial charge in [0.25, 0.3) is 5.91 Å². The average molecular weight is 357 g/mol. The molecular weight excluding hydrogens is 340 g/mol. The molecule has 1 fully saturated rings. The topological polar surface area (TPSA) is 67.0 Å². The molecule has 0 spiro atoms. The van der Waals surface area contributed by atoms with E-state index in [1.54, 1.807) is 12.1 Å². The zero-order valence-electron chi connectivity index (χ0n) is 13.9. The Balaban J connectivity index is 1.67. The minimum Gasteiger partial charge on any atom is -0.376 e. The summed E-state index contributed by atoms with van der Waals surface area (Å²) in [4.78, 5) is 12.4. The molecule has 7 heteroatoms. The lowest BCUT2D eigenvalue weighted by Gasteiger charge is -2.11. The van der Waals surface area contributed by atoms with Crippen molar-refractivity contribution in [3.8, 4) is 11.3 Å². The molecule has 2 N–H and O–H groups in total. The third-order valence-electron chi connectivity index (χ3n) is 4.52. The molecule has 2 aromatic carbocycles. The summed E-state index contributed by atoms with van der Waals surface area (Å²) in [6, 6.07) is 8.76. The number of rotatable bonds is 4. The van der Waals surface area contributed by atoms with Crippen molar-refractivity contribution < 1.29 is 18.3 Å². The molecule has 2 heterocycles. The summed E-state index contributed by atoms with van der Waals surface area (Å²) in [6.07, 6.45) is 1.82. The highest BCUT2D eigenvalue weighted by Crippen LogP contribution is 2.30. The van der Waals surface area contributed by atoms with Gasteiger partial charge in [0.15, 0.2) is 0 Å². The van der Waals surface area contributed by atoms with Crippen LogP contribution in [-0.4, -0.2) is 35.4 Å². The maximum absolute atomic E-state index is 15.1. The highest BCUT2D eigenvalue weighted by Gasteiger charge is 2.21. The minimum atomic E-state index is -0.680. The summed E-state index contributed by atoms with van der Waals surface area (Å²) in [7, 11) is 0. The quantitative estimate of drug-likeness (QED) is 0.752. The number of halogens is 2. The van der Waals surface area contributed by atoms with E-state index < -0.39 is 17.5 Å². The van der Waals surface area contributed by atoms with E-state index in [1.165, 1.54) is 24.3 Å². The van der Waals surface area contributed by atoms with E-state index in [4.69, 9.17) is 4.74 Å². The maximum atomic E-state index is 15.1. The molecule has 3 aromatic rings. The summed E-state index contributed by atoms with van der Waals surface area (Å²) >= 11 is 0. The highest BCUT2D eigenvalue weighted by atomic mass is 19.1. The smallest absolute Gasteiger partial charge is 0.254 e. The first-order valence-electron chi connectivity index (χ1n) is 8.46. The molecule has 5 nitrogen and oxygen atoms in total. The van der Waals surface area contributed by atoms with Gasteiger partial charge in [0, 0.05) is 18.7 Å². The molecule has 1 amide bonds. The van der Waals surface area contributed by atoms with Crippen molar-refractivity contribution in [1.82, 2.24) is 15.5 Å². The first kappa shape index (κ1) is 16.7. The Kier molecular flexibility index (Phi) is 4.38. The van der Waals surface area contributed by atoms with Gasteiger partial charge in [0.1, 0.15) is 17.3 Å². The number of aromatic amines is 1. The molecule has 1 saturated heterocycles. The summed E-state index contributed by atoms with van der Waals surface area (Å²) < 4.78 is 34.0. The van der Waals surface area contributed by atoms with Crippen molar-refractivity contribution in [2.45, 2.75) is 18.9 Å². The van der Waals surface area contributed by atoms with E-state index in [2.05, 4.69) is 15.5 Å². The largest absolute Gasteiger partial charge is 0.376 e. The SMILES string of the molecule is O=C(NCC1CCCO1)c1ccc2[nH]nc(-c3cccc(F)c3)c2c1F. The predicted octanol–water partition coefficient (Wildman–Crippen LogP) is 3.42. The number of hydrogen-bond acceptors (Lipinski definition) is 3. The van der Waals surface area contributed by atoms with Crippen LogP contribution in [0.3, 0.4) is 0 Å². The predicted molar refractivity (Wildman–Crippen MR) is 92.8 cm³/mol. The Labute approximate surface area is 148 Å². The van der Waals surface area contributed by atoms with Gasteiger partial charge in [-0.3, -0.25) is 9.89 Å². The Morgan fingerprint density at radius 1 is 1.31 bits per heavy atom. The van der Waals surface area contributed by atoms with E-state index in [0.717, 1.165) is 12.8 Å². The van der Waals surface area contributed by atoms with Gasteiger partial charge in [-0.15, -0.1) is 0 Å². The number of carbonyl (C=O) groups is 1.